The Kier molecular flexibility index (Phi) is 5.63. The molecule has 1 unspecified atom stereocenters. The van der Waals surface area contributed by atoms with Crippen LogP contribution in [0.15, 0.2) is 53.7 Å². The Morgan fingerprint density at radius 1 is 1.09 bits per heavy atom. The molecule has 1 aliphatic heterocycles. The SMILES string of the molecule is CN1C(C(=O)Nc2ccc(F)c(F)c2)=CSC1Nc1cnc2cc(C(F)(F)F)ccc2n1. The summed E-state index contributed by atoms with van der Waals surface area (Å²) in [5.74, 6) is -2.33. The van der Waals surface area contributed by atoms with E-state index in [1.807, 2.05) is 0 Å². The summed E-state index contributed by atoms with van der Waals surface area (Å²) in [5.41, 5.74) is -0.529. The first kappa shape index (κ1) is 21.8. The van der Waals surface area contributed by atoms with Gasteiger partial charge in [0.15, 0.2) is 17.1 Å². The number of benzene rings is 2. The normalized spacial score (nSPS) is 16.2. The molecule has 166 valence electrons. The molecule has 3 aromatic rings. The van der Waals surface area contributed by atoms with Crippen molar-refractivity contribution >= 4 is 40.2 Å². The molecule has 6 nitrogen and oxygen atoms in total. The second kappa shape index (κ2) is 8.26. The third kappa shape index (κ3) is 4.44. The summed E-state index contributed by atoms with van der Waals surface area (Å²) < 4.78 is 64.9. The summed E-state index contributed by atoms with van der Waals surface area (Å²) in [6.45, 7) is 0. The van der Waals surface area contributed by atoms with Crippen LogP contribution in [0, 0.1) is 11.6 Å². The van der Waals surface area contributed by atoms with Crippen molar-refractivity contribution in [1.29, 1.82) is 0 Å². The number of nitrogens with one attached hydrogen (secondary N) is 2. The molecule has 1 aromatic heterocycles. The number of halogens is 5. The highest BCUT2D eigenvalue weighted by molar-refractivity contribution is 8.03. The number of rotatable bonds is 4. The van der Waals surface area contributed by atoms with Crippen LogP contribution in [0.3, 0.4) is 0 Å². The summed E-state index contributed by atoms with van der Waals surface area (Å²) in [4.78, 5) is 22.4. The molecule has 0 fully saturated rings. The number of thioether (sulfide) groups is 1. The number of fused-ring (bicyclic) bond motifs is 1. The molecular weight excluding hydrogens is 453 g/mol. The molecule has 0 bridgehead atoms. The minimum absolute atomic E-state index is 0.0996. The van der Waals surface area contributed by atoms with Gasteiger partial charge < -0.3 is 15.5 Å². The van der Waals surface area contributed by atoms with E-state index in [2.05, 4.69) is 20.6 Å². The van der Waals surface area contributed by atoms with Crippen LogP contribution < -0.4 is 10.6 Å². The fourth-order valence-electron chi connectivity index (χ4n) is 2.93. The third-order valence-corrected chi connectivity index (χ3v) is 5.64. The quantitative estimate of drug-likeness (QED) is 0.539. The van der Waals surface area contributed by atoms with Crippen molar-refractivity contribution in [1.82, 2.24) is 14.9 Å². The van der Waals surface area contributed by atoms with Gasteiger partial charge in [-0.3, -0.25) is 9.78 Å². The summed E-state index contributed by atoms with van der Waals surface area (Å²) in [6, 6.07) is 6.11. The van der Waals surface area contributed by atoms with Crippen molar-refractivity contribution < 1.29 is 26.7 Å². The van der Waals surface area contributed by atoms with Crippen molar-refractivity contribution in [3.63, 3.8) is 0 Å². The van der Waals surface area contributed by atoms with Crippen LogP contribution in [0.1, 0.15) is 5.56 Å². The van der Waals surface area contributed by atoms with Crippen LogP contribution in [-0.2, 0) is 11.0 Å². The first-order chi connectivity index (χ1) is 15.1. The number of carbonyl (C=O) groups excluding carboxylic acids is 1. The zero-order chi connectivity index (χ0) is 23.0. The Morgan fingerprint density at radius 2 is 1.88 bits per heavy atom. The topological polar surface area (TPSA) is 70.2 Å². The lowest BCUT2D eigenvalue weighted by Gasteiger charge is -2.25. The van der Waals surface area contributed by atoms with Gasteiger partial charge in [-0.05, 0) is 30.3 Å². The van der Waals surface area contributed by atoms with Gasteiger partial charge in [0, 0.05) is 24.2 Å². The van der Waals surface area contributed by atoms with E-state index in [0.717, 1.165) is 24.3 Å². The number of likely N-dealkylation sites (N-methyl/N-ethyl adjacent to an activating group) is 1. The fraction of sp³-hybridized carbons (Fsp3) is 0.150. The monoisotopic (exact) mass is 467 g/mol. The molecular formula is C20H14F5N5OS. The maximum absolute atomic E-state index is 13.3. The van der Waals surface area contributed by atoms with Gasteiger partial charge in [0.1, 0.15) is 11.5 Å². The smallest absolute Gasteiger partial charge is 0.341 e. The van der Waals surface area contributed by atoms with Crippen LogP contribution in [0.25, 0.3) is 11.0 Å². The minimum atomic E-state index is -4.47. The van der Waals surface area contributed by atoms with Gasteiger partial charge in [-0.2, -0.15) is 13.2 Å². The second-order valence-electron chi connectivity index (χ2n) is 6.79. The molecule has 2 aromatic carbocycles. The average Bonchev–Trinajstić information content (AvgIpc) is 3.10. The van der Waals surface area contributed by atoms with E-state index in [1.165, 1.54) is 30.1 Å². The van der Waals surface area contributed by atoms with Crippen molar-refractivity contribution in [3.05, 3.63) is 70.9 Å². The number of anilines is 2. The first-order valence-corrected chi connectivity index (χ1v) is 10.0. The number of alkyl halides is 3. The van der Waals surface area contributed by atoms with Crippen LogP contribution in [0.5, 0.6) is 0 Å². The summed E-state index contributed by atoms with van der Waals surface area (Å²) in [6.07, 6.45) is -3.17. The zero-order valence-corrected chi connectivity index (χ0v) is 17.1. The minimum Gasteiger partial charge on any atom is -0.341 e. The lowest BCUT2D eigenvalue weighted by Crippen LogP contribution is -2.35. The van der Waals surface area contributed by atoms with Gasteiger partial charge in [-0.1, -0.05) is 11.8 Å². The number of hydrogen-bond donors (Lipinski definition) is 2. The fourth-order valence-corrected chi connectivity index (χ4v) is 3.94. The van der Waals surface area contributed by atoms with Gasteiger partial charge in [0.05, 0.1) is 22.8 Å². The number of hydrogen-bond acceptors (Lipinski definition) is 6. The van der Waals surface area contributed by atoms with Gasteiger partial charge in [-0.15, -0.1) is 0 Å². The van der Waals surface area contributed by atoms with Gasteiger partial charge >= 0.3 is 6.18 Å². The second-order valence-corrected chi connectivity index (χ2v) is 7.74. The van der Waals surface area contributed by atoms with Gasteiger partial charge in [0.25, 0.3) is 5.91 Å². The molecule has 2 N–H and O–H groups in total. The van der Waals surface area contributed by atoms with Crippen molar-refractivity contribution in [2.75, 3.05) is 17.7 Å². The zero-order valence-electron chi connectivity index (χ0n) is 16.2. The molecule has 0 radical (unpaired) electrons. The molecule has 0 spiro atoms. The van der Waals surface area contributed by atoms with Gasteiger partial charge in [-0.25, -0.2) is 13.8 Å². The predicted octanol–water partition coefficient (Wildman–Crippen LogP) is 4.78. The summed E-state index contributed by atoms with van der Waals surface area (Å²) >= 11 is 1.25. The number of aromatic nitrogens is 2. The molecule has 32 heavy (non-hydrogen) atoms. The molecule has 2 heterocycles. The van der Waals surface area contributed by atoms with E-state index in [9.17, 15) is 26.7 Å². The number of carbonyl (C=O) groups is 1. The average molecular weight is 467 g/mol. The van der Waals surface area contributed by atoms with Crippen LogP contribution in [-0.4, -0.2) is 33.3 Å². The largest absolute Gasteiger partial charge is 0.416 e. The van der Waals surface area contributed by atoms with E-state index in [-0.39, 0.29) is 22.4 Å². The molecule has 4 rings (SSSR count). The highest BCUT2D eigenvalue weighted by Gasteiger charge is 2.31. The van der Waals surface area contributed by atoms with Crippen molar-refractivity contribution in [2.24, 2.45) is 0 Å². The number of nitrogens with zero attached hydrogens (tertiary/aromatic N) is 3. The van der Waals surface area contributed by atoms with E-state index < -0.39 is 34.8 Å². The highest BCUT2D eigenvalue weighted by atomic mass is 32.2. The predicted molar refractivity (Wildman–Crippen MR) is 110 cm³/mol. The van der Waals surface area contributed by atoms with Crippen LogP contribution in [0.2, 0.25) is 0 Å². The lowest BCUT2D eigenvalue weighted by molar-refractivity contribution is -0.137. The van der Waals surface area contributed by atoms with Crippen LogP contribution in [0.4, 0.5) is 33.5 Å². The van der Waals surface area contributed by atoms with E-state index in [0.29, 0.717) is 5.82 Å². The Balaban J connectivity index is 1.44. The molecule has 1 amide bonds. The van der Waals surface area contributed by atoms with Crippen molar-refractivity contribution in [2.45, 2.75) is 11.7 Å². The molecule has 0 aliphatic carbocycles. The van der Waals surface area contributed by atoms with E-state index in [1.54, 1.807) is 17.4 Å². The molecule has 1 atom stereocenters. The van der Waals surface area contributed by atoms with E-state index in [4.69, 9.17) is 0 Å². The first-order valence-electron chi connectivity index (χ1n) is 9.07. The standard InChI is InChI=1S/C20H14F5N5OS/c1-30-16(18(31)27-11-3-4-12(21)13(22)7-11)9-32-19(30)29-17-8-26-15-6-10(20(23,24)25)2-5-14(15)28-17/h2-9,19H,1H3,(H,27,31)(H,28,29). The lowest BCUT2D eigenvalue weighted by atomic mass is 10.2. The third-order valence-electron chi connectivity index (χ3n) is 4.59. The molecule has 0 saturated carbocycles. The Hall–Kier alpha value is -3.41. The Bertz CT molecular complexity index is 1230. The van der Waals surface area contributed by atoms with Crippen molar-refractivity contribution in [3.8, 4) is 0 Å². The Morgan fingerprint density at radius 3 is 2.59 bits per heavy atom. The maximum Gasteiger partial charge on any atom is 0.416 e. The Labute approximate surface area is 182 Å². The molecule has 1 aliphatic rings. The molecule has 12 heteroatoms. The molecule has 0 saturated heterocycles. The van der Waals surface area contributed by atoms with Gasteiger partial charge in [0.2, 0.25) is 0 Å². The van der Waals surface area contributed by atoms with Crippen LogP contribution >= 0.6 is 11.8 Å². The maximum atomic E-state index is 13.3. The number of amides is 1. The van der Waals surface area contributed by atoms with E-state index >= 15 is 0 Å². The highest BCUT2D eigenvalue weighted by Crippen LogP contribution is 2.32. The summed E-state index contributed by atoms with van der Waals surface area (Å²) in [5, 5.41) is 7.12. The summed E-state index contributed by atoms with van der Waals surface area (Å²) in [7, 11) is 1.64.